The Morgan fingerprint density at radius 2 is 1.97 bits per heavy atom. The predicted octanol–water partition coefficient (Wildman–Crippen LogP) is 2.65. The van der Waals surface area contributed by atoms with E-state index in [-0.39, 0.29) is 31.6 Å². The van der Waals surface area contributed by atoms with Crippen LogP contribution in [0.2, 0.25) is 0 Å². The number of hydrogen-bond donors (Lipinski definition) is 0. The first-order valence-corrected chi connectivity index (χ1v) is 11.6. The van der Waals surface area contributed by atoms with Gasteiger partial charge in [0.15, 0.2) is 5.60 Å². The van der Waals surface area contributed by atoms with Gasteiger partial charge in [-0.15, -0.1) is 0 Å². The number of hydrogen-bond acceptors (Lipinski definition) is 7. The molecule has 2 fully saturated rings. The number of nitrogens with zero attached hydrogens (tertiary/aromatic N) is 4. The van der Waals surface area contributed by atoms with Crippen LogP contribution in [0.5, 0.6) is 5.75 Å². The van der Waals surface area contributed by atoms with Gasteiger partial charge in [-0.05, 0) is 43.7 Å². The lowest BCUT2D eigenvalue weighted by Crippen LogP contribution is -2.77. The molecule has 0 aromatic carbocycles. The first kappa shape index (κ1) is 23.7. The van der Waals surface area contributed by atoms with Crippen molar-refractivity contribution in [2.45, 2.75) is 63.3 Å². The Kier molecular flexibility index (Phi) is 7.62. The zero-order valence-electron chi connectivity index (χ0n) is 19.7. The van der Waals surface area contributed by atoms with Crippen LogP contribution >= 0.6 is 0 Å². The molecular formula is C24H34N4O5. The maximum absolute atomic E-state index is 13.3. The third-order valence-corrected chi connectivity index (χ3v) is 6.66. The summed E-state index contributed by atoms with van der Waals surface area (Å²) in [4.78, 5) is 19.5. The van der Waals surface area contributed by atoms with Gasteiger partial charge in [-0.2, -0.15) is 5.10 Å². The van der Waals surface area contributed by atoms with Crippen molar-refractivity contribution in [3.8, 4) is 5.75 Å². The summed E-state index contributed by atoms with van der Waals surface area (Å²) in [5, 5.41) is 4.31. The minimum Gasteiger partial charge on any atom is -0.490 e. The molecule has 1 aliphatic carbocycles. The number of likely N-dealkylation sites (tertiary alicyclic amines) is 1. The quantitative estimate of drug-likeness (QED) is 0.378. The van der Waals surface area contributed by atoms with Gasteiger partial charge in [0.25, 0.3) is 5.91 Å². The highest BCUT2D eigenvalue weighted by Crippen LogP contribution is 2.39. The largest absolute Gasteiger partial charge is 0.490 e. The van der Waals surface area contributed by atoms with Crippen molar-refractivity contribution in [1.82, 2.24) is 19.7 Å². The van der Waals surface area contributed by atoms with Crippen LogP contribution in [-0.2, 0) is 32.0 Å². The molecule has 1 saturated carbocycles. The van der Waals surface area contributed by atoms with E-state index in [9.17, 15) is 4.79 Å². The summed E-state index contributed by atoms with van der Waals surface area (Å²) in [6.45, 7) is 2.95. The van der Waals surface area contributed by atoms with Crippen molar-refractivity contribution in [3.05, 3.63) is 42.5 Å². The van der Waals surface area contributed by atoms with E-state index in [1.165, 1.54) is 12.8 Å². The molecule has 3 heterocycles. The SMILES string of the molecule is COCO[C@@]1(Cc2cc(OC3CCC(C)CC3)ccn2)C(=O)N(COC)[C@H]1Cn1cccn1. The van der Waals surface area contributed by atoms with Crippen LogP contribution in [0.15, 0.2) is 36.8 Å². The van der Waals surface area contributed by atoms with Crippen LogP contribution in [0, 0.1) is 5.92 Å². The zero-order chi connectivity index (χ0) is 23.3. The van der Waals surface area contributed by atoms with Gasteiger partial charge >= 0.3 is 0 Å². The lowest BCUT2D eigenvalue weighted by molar-refractivity contribution is -0.235. The lowest BCUT2D eigenvalue weighted by atomic mass is 9.78. The van der Waals surface area contributed by atoms with Crippen molar-refractivity contribution in [3.63, 3.8) is 0 Å². The molecule has 1 amide bonds. The molecule has 0 N–H and O–H groups in total. The molecule has 2 aromatic rings. The summed E-state index contributed by atoms with van der Waals surface area (Å²) >= 11 is 0. The van der Waals surface area contributed by atoms with E-state index in [0.29, 0.717) is 13.0 Å². The van der Waals surface area contributed by atoms with Crippen molar-refractivity contribution >= 4 is 5.91 Å². The molecule has 2 aromatic heterocycles. The highest BCUT2D eigenvalue weighted by Gasteiger charge is 2.62. The molecule has 4 rings (SSSR count). The Labute approximate surface area is 195 Å². The molecule has 0 spiro atoms. The number of aromatic nitrogens is 3. The smallest absolute Gasteiger partial charge is 0.259 e. The summed E-state index contributed by atoms with van der Waals surface area (Å²) in [6.07, 6.45) is 10.4. The summed E-state index contributed by atoms with van der Waals surface area (Å²) < 4.78 is 24.6. The van der Waals surface area contributed by atoms with Gasteiger partial charge in [0.1, 0.15) is 19.3 Å². The Morgan fingerprint density at radius 1 is 1.15 bits per heavy atom. The average molecular weight is 459 g/mol. The number of carbonyl (C=O) groups excluding carboxylic acids is 1. The molecule has 2 atom stereocenters. The monoisotopic (exact) mass is 458 g/mol. The van der Waals surface area contributed by atoms with Crippen LogP contribution in [0.1, 0.15) is 38.3 Å². The number of methoxy groups -OCH3 is 2. The molecule has 180 valence electrons. The number of amides is 1. The van der Waals surface area contributed by atoms with Gasteiger partial charge in [-0.1, -0.05) is 6.92 Å². The van der Waals surface area contributed by atoms with E-state index in [1.807, 2.05) is 24.4 Å². The van der Waals surface area contributed by atoms with E-state index in [2.05, 4.69) is 17.0 Å². The molecule has 1 saturated heterocycles. The fourth-order valence-corrected chi connectivity index (χ4v) is 4.83. The second-order valence-corrected chi connectivity index (χ2v) is 9.04. The summed E-state index contributed by atoms with van der Waals surface area (Å²) in [5.74, 6) is 1.40. The molecule has 0 unspecified atom stereocenters. The van der Waals surface area contributed by atoms with E-state index < -0.39 is 5.60 Å². The van der Waals surface area contributed by atoms with Crippen LogP contribution < -0.4 is 4.74 Å². The van der Waals surface area contributed by atoms with E-state index in [1.54, 1.807) is 36.2 Å². The summed E-state index contributed by atoms with van der Waals surface area (Å²) in [7, 11) is 3.12. The number of β-lactam (4-membered cyclic amide) rings is 1. The Balaban J connectivity index is 1.54. The Hall–Kier alpha value is -2.49. The normalized spacial score (nSPS) is 27.4. The van der Waals surface area contributed by atoms with Gasteiger partial charge in [-0.3, -0.25) is 14.5 Å². The molecule has 0 bridgehead atoms. The first-order valence-electron chi connectivity index (χ1n) is 11.6. The van der Waals surface area contributed by atoms with Crippen LogP contribution in [0.3, 0.4) is 0 Å². The maximum Gasteiger partial charge on any atom is 0.259 e. The molecule has 9 nitrogen and oxygen atoms in total. The number of pyridine rings is 1. The van der Waals surface area contributed by atoms with Crippen LogP contribution in [0.4, 0.5) is 0 Å². The second-order valence-electron chi connectivity index (χ2n) is 9.04. The molecular weight excluding hydrogens is 424 g/mol. The Bertz CT molecular complexity index is 900. The van der Waals surface area contributed by atoms with E-state index in [0.717, 1.165) is 30.2 Å². The van der Waals surface area contributed by atoms with Gasteiger partial charge in [0.05, 0.1) is 18.7 Å². The van der Waals surface area contributed by atoms with E-state index in [4.69, 9.17) is 18.9 Å². The lowest BCUT2D eigenvalue weighted by Gasteiger charge is -2.54. The van der Waals surface area contributed by atoms with Crippen LogP contribution in [-0.4, -0.2) is 71.1 Å². The fourth-order valence-electron chi connectivity index (χ4n) is 4.83. The van der Waals surface area contributed by atoms with Crippen molar-refractivity contribution in [1.29, 1.82) is 0 Å². The fraction of sp³-hybridized carbons (Fsp3) is 0.625. The summed E-state index contributed by atoms with van der Waals surface area (Å²) in [5.41, 5.74) is -0.379. The zero-order valence-corrected chi connectivity index (χ0v) is 19.7. The predicted molar refractivity (Wildman–Crippen MR) is 120 cm³/mol. The molecule has 2 aliphatic rings. The van der Waals surface area contributed by atoms with Crippen LogP contribution in [0.25, 0.3) is 0 Å². The van der Waals surface area contributed by atoms with Gasteiger partial charge in [0, 0.05) is 51.0 Å². The van der Waals surface area contributed by atoms with Crippen molar-refractivity contribution in [2.24, 2.45) is 5.92 Å². The maximum atomic E-state index is 13.3. The Morgan fingerprint density at radius 3 is 2.67 bits per heavy atom. The highest BCUT2D eigenvalue weighted by atomic mass is 16.7. The molecule has 1 aliphatic heterocycles. The van der Waals surface area contributed by atoms with Gasteiger partial charge in [0.2, 0.25) is 0 Å². The van der Waals surface area contributed by atoms with Crippen molar-refractivity contribution in [2.75, 3.05) is 27.7 Å². The minimum absolute atomic E-state index is 0.00137. The van der Waals surface area contributed by atoms with Gasteiger partial charge in [-0.25, -0.2) is 0 Å². The van der Waals surface area contributed by atoms with Crippen molar-refractivity contribution < 1.29 is 23.7 Å². The number of carbonyl (C=O) groups is 1. The molecule has 33 heavy (non-hydrogen) atoms. The number of rotatable bonds is 11. The summed E-state index contributed by atoms with van der Waals surface area (Å²) in [6, 6.07) is 5.37. The average Bonchev–Trinajstić information content (AvgIpc) is 3.34. The van der Waals surface area contributed by atoms with Gasteiger partial charge < -0.3 is 23.8 Å². The second kappa shape index (κ2) is 10.6. The first-order chi connectivity index (χ1) is 16.1. The van der Waals surface area contributed by atoms with E-state index >= 15 is 0 Å². The standard InChI is InChI=1S/C24H34N4O5/c1-18-5-7-20(8-6-18)33-21-9-11-25-19(13-21)14-24(32-17-31-3)22(15-27-12-4-10-26-27)28(16-30-2)23(24)29/h4,9-13,18,20,22H,5-8,14-17H2,1-3H3/t18?,20?,22-,24+/m0/s1. The highest BCUT2D eigenvalue weighted by molar-refractivity contribution is 5.93. The number of ether oxygens (including phenoxy) is 4. The third-order valence-electron chi connectivity index (χ3n) is 6.66. The molecule has 9 heteroatoms. The third kappa shape index (κ3) is 5.20. The topological polar surface area (TPSA) is 87.9 Å². The minimum atomic E-state index is -1.12. The molecule has 0 radical (unpaired) electrons.